The van der Waals surface area contributed by atoms with Crippen molar-refractivity contribution < 1.29 is 19.1 Å². The van der Waals surface area contributed by atoms with E-state index in [0.717, 1.165) is 19.6 Å². The van der Waals surface area contributed by atoms with Gasteiger partial charge >= 0.3 is 11.9 Å². The van der Waals surface area contributed by atoms with E-state index < -0.39 is 11.8 Å². The van der Waals surface area contributed by atoms with Crippen molar-refractivity contribution in [3.63, 3.8) is 0 Å². The van der Waals surface area contributed by atoms with Crippen LogP contribution in [0.25, 0.3) is 0 Å². The molecule has 1 aliphatic rings. The van der Waals surface area contributed by atoms with Crippen LogP contribution in [-0.4, -0.2) is 50.7 Å². The summed E-state index contributed by atoms with van der Waals surface area (Å²) in [6.07, 6.45) is 3.19. The molecule has 0 unspecified atom stereocenters. The zero-order valence-electron chi connectivity index (χ0n) is 12.8. The van der Waals surface area contributed by atoms with E-state index in [1.54, 1.807) is 0 Å². The van der Waals surface area contributed by atoms with Gasteiger partial charge in [0, 0.05) is 6.54 Å². The maximum absolute atomic E-state index is 11.9. The minimum absolute atomic E-state index is 0.328. The zero-order valence-corrected chi connectivity index (χ0v) is 12.8. The van der Waals surface area contributed by atoms with Gasteiger partial charge in [0.25, 0.3) is 0 Å². The zero-order chi connectivity index (χ0) is 15.1. The molecule has 0 spiro atoms. The molecule has 0 aliphatic heterocycles. The lowest BCUT2D eigenvalue weighted by atomic mass is 9.79. The first kappa shape index (κ1) is 16.7. The van der Waals surface area contributed by atoms with Gasteiger partial charge in [-0.2, -0.15) is 0 Å². The Kier molecular flexibility index (Phi) is 6.71. The Morgan fingerprint density at radius 2 is 1.70 bits per heavy atom. The second kappa shape index (κ2) is 8.04. The summed E-state index contributed by atoms with van der Waals surface area (Å²) in [4.78, 5) is 26.0. The fourth-order valence-corrected chi connectivity index (χ4v) is 2.64. The Labute approximate surface area is 120 Å². The van der Waals surface area contributed by atoms with Crippen molar-refractivity contribution in [2.45, 2.75) is 26.7 Å². The van der Waals surface area contributed by atoms with Gasteiger partial charge in [0.15, 0.2) is 0 Å². The third-order valence-electron chi connectivity index (χ3n) is 3.96. The largest absolute Gasteiger partial charge is 0.469 e. The highest BCUT2D eigenvalue weighted by molar-refractivity contribution is 5.82. The summed E-state index contributed by atoms with van der Waals surface area (Å²) in [7, 11) is 2.71. The Balaban J connectivity index is 2.82. The van der Waals surface area contributed by atoms with Gasteiger partial charge in [-0.1, -0.05) is 25.5 Å². The van der Waals surface area contributed by atoms with Crippen LogP contribution >= 0.6 is 0 Å². The van der Waals surface area contributed by atoms with E-state index in [1.165, 1.54) is 19.8 Å². The van der Waals surface area contributed by atoms with E-state index in [-0.39, 0.29) is 11.9 Å². The summed E-state index contributed by atoms with van der Waals surface area (Å²) in [5.41, 5.74) is 1.20. The molecule has 0 amide bonds. The normalized spacial score (nSPS) is 22.4. The third kappa shape index (κ3) is 4.07. The predicted molar refractivity (Wildman–Crippen MR) is 76.1 cm³/mol. The highest BCUT2D eigenvalue weighted by Crippen LogP contribution is 2.32. The van der Waals surface area contributed by atoms with Crippen molar-refractivity contribution in [2.24, 2.45) is 11.8 Å². The summed E-state index contributed by atoms with van der Waals surface area (Å²) >= 11 is 0. The number of esters is 2. The average molecular weight is 283 g/mol. The van der Waals surface area contributed by atoms with Gasteiger partial charge in [-0.3, -0.25) is 14.5 Å². The van der Waals surface area contributed by atoms with Crippen LogP contribution in [0.2, 0.25) is 0 Å². The Morgan fingerprint density at radius 3 is 2.20 bits per heavy atom. The highest BCUT2D eigenvalue weighted by atomic mass is 16.5. The first-order chi connectivity index (χ1) is 9.57. The number of rotatable bonds is 6. The topological polar surface area (TPSA) is 55.8 Å². The summed E-state index contributed by atoms with van der Waals surface area (Å²) < 4.78 is 9.62. The van der Waals surface area contributed by atoms with Crippen LogP contribution in [-0.2, 0) is 19.1 Å². The third-order valence-corrected chi connectivity index (χ3v) is 3.96. The summed E-state index contributed by atoms with van der Waals surface area (Å²) in [5, 5.41) is 0. The molecule has 0 saturated heterocycles. The fourth-order valence-electron chi connectivity index (χ4n) is 2.64. The molecule has 1 rings (SSSR count). The SMILES string of the molecule is CCN(CC)CC1=CC[C@@H](C(=O)OC)[C@@H](C(=O)OC)C1. The molecule has 1 aliphatic carbocycles. The number of nitrogens with zero attached hydrogens (tertiary/aromatic N) is 1. The summed E-state index contributed by atoms with van der Waals surface area (Å²) in [6, 6.07) is 0. The van der Waals surface area contributed by atoms with Crippen molar-refractivity contribution in [3.8, 4) is 0 Å². The summed E-state index contributed by atoms with van der Waals surface area (Å²) in [5.74, 6) is -1.51. The van der Waals surface area contributed by atoms with Crippen molar-refractivity contribution in [1.82, 2.24) is 4.90 Å². The smallest absolute Gasteiger partial charge is 0.309 e. The lowest BCUT2D eigenvalue weighted by Crippen LogP contribution is -2.36. The lowest BCUT2D eigenvalue weighted by Gasteiger charge is -2.30. The molecule has 0 bridgehead atoms. The highest BCUT2D eigenvalue weighted by Gasteiger charge is 2.37. The van der Waals surface area contributed by atoms with Crippen LogP contribution in [0.4, 0.5) is 0 Å². The van der Waals surface area contributed by atoms with E-state index in [2.05, 4.69) is 24.8 Å². The fraction of sp³-hybridized carbons (Fsp3) is 0.733. The molecule has 2 atom stereocenters. The Bertz CT molecular complexity index is 374. The number of likely N-dealkylation sites (N-methyl/N-ethyl adjacent to an activating group) is 1. The van der Waals surface area contributed by atoms with Crippen molar-refractivity contribution in [3.05, 3.63) is 11.6 Å². The first-order valence-electron chi connectivity index (χ1n) is 7.13. The van der Waals surface area contributed by atoms with Gasteiger partial charge in [0.1, 0.15) is 0 Å². The van der Waals surface area contributed by atoms with Crippen LogP contribution in [0.5, 0.6) is 0 Å². The number of carbonyl (C=O) groups excluding carboxylic acids is 2. The van der Waals surface area contributed by atoms with Gasteiger partial charge in [-0.25, -0.2) is 0 Å². The van der Waals surface area contributed by atoms with E-state index in [9.17, 15) is 9.59 Å². The van der Waals surface area contributed by atoms with Gasteiger partial charge in [0.2, 0.25) is 0 Å². The van der Waals surface area contributed by atoms with E-state index in [4.69, 9.17) is 9.47 Å². The van der Waals surface area contributed by atoms with Gasteiger partial charge in [-0.15, -0.1) is 0 Å². The number of hydrogen-bond donors (Lipinski definition) is 0. The molecule has 20 heavy (non-hydrogen) atoms. The van der Waals surface area contributed by atoms with Crippen molar-refractivity contribution in [2.75, 3.05) is 33.9 Å². The van der Waals surface area contributed by atoms with Crippen LogP contribution in [0, 0.1) is 11.8 Å². The Hall–Kier alpha value is -1.36. The first-order valence-corrected chi connectivity index (χ1v) is 7.13. The molecule has 5 heteroatoms. The molecular formula is C15H25NO4. The minimum Gasteiger partial charge on any atom is -0.469 e. The van der Waals surface area contributed by atoms with E-state index in [1.807, 2.05) is 0 Å². The maximum atomic E-state index is 11.9. The molecular weight excluding hydrogens is 258 g/mol. The predicted octanol–water partition coefficient (Wildman–Crippen LogP) is 1.63. The van der Waals surface area contributed by atoms with Gasteiger partial charge in [0.05, 0.1) is 26.1 Å². The molecule has 0 saturated carbocycles. The Morgan fingerprint density at radius 1 is 1.15 bits per heavy atom. The maximum Gasteiger partial charge on any atom is 0.309 e. The molecule has 0 aromatic rings. The molecule has 0 radical (unpaired) electrons. The second-order valence-corrected chi connectivity index (χ2v) is 5.02. The monoisotopic (exact) mass is 283 g/mol. The summed E-state index contributed by atoms with van der Waals surface area (Å²) in [6.45, 7) is 7.01. The van der Waals surface area contributed by atoms with Gasteiger partial charge in [-0.05, 0) is 25.9 Å². The van der Waals surface area contributed by atoms with Crippen molar-refractivity contribution >= 4 is 11.9 Å². The van der Waals surface area contributed by atoms with Gasteiger partial charge < -0.3 is 9.47 Å². The second-order valence-electron chi connectivity index (χ2n) is 5.02. The van der Waals surface area contributed by atoms with E-state index in [0.29, 0.717) is 12.8 Å². The molecule has 0 aromatic heterocycles. The number of hydrogen-bond acceptors (Lipinski definition) is 5. The lowest BCUT2D eigenvalue weighted by molar-refractivity contribution is -0.157. The number of ether oxygens (including phenoxy) is 2. The average Bonchev–Trinajstić information content (AvgIpc) is 2.50. The van der Waals surface area contributed by atoms with Crippen LogP contribution in [0.15, 0.2) is 11.6 Å². The number of carbonyl (C=O) groups is 2. The standard InChI is InChI=1S/C15H25NO4/c1-5-16(6-2)10-11-7-8-12(14(17)19-3)13(9-11)15(18)20-4/h7,12-13H,5-6,8-10H2,1-4H3/t12-,13+/m1/s1. The number of methoxy groups -OCH3 is 2. The van der Waals surface area contributed by atoms with Crippen LogP contribution < -0.4 is 0 Å². The molecule has 0 fully saturated rings. The molecule has 0 aromatic carbocycles. The van der Waals surface area contributed by atoms with Crippen LogP contribution in [0.3, 0.4) is 0 Å². The molecule has 0 N–H and O–H groups in total. The number of allylic oxidation sites excluding steroid dienone is 1. The molecule has 114 valence electrons. The van der Waals surface area contributed by atoms with Crippen molar-refractivity contribution in [1.29, 1.82) is 0 Å². The molecule has 0 heterocycles. The quantitative estimate of drug-likeness (QED) is 0.548. The van der Waals surface area contributed by atoms with Crippen LogP contribution in [0.1, 0.15) is 26.7 Å². The van der Waals surface area contributed by atoms with E-state index >= 15 is 0 Å². The molecule has 5 nitrogen and oxygen atoms in total. The minimum atomic E-state index is -0.428.